The van der Waals surface area contributed by atoms with Crippen LogP contribution in [0.2, 0.25) is 0 Å². The van der Waals surface area contributed by atoms with E-state index in [0.29, 0.717) is 17.2 Å². The highest BCUT2D eigenvalue weighted by Crippen LogP contribution is 2.88. The SMILES string of the molecule is [2H]C1C2(CC2)C12CC2. The number of fused-ring (bicyclic) bond motifs is 1. The van der Waals surface area contributed by atoms with Crippen molar-refractivity contribution in [2.75, 3.05) is 0 Å². The van der Waals surface area contributed by atoms with Gasteiger partial charge >= 0.3 is 0 Å². The summed E-state index contributed by atoms with van der Waals surface area (Å²) in [6.07, 6.45) is 5.94. The maximum absolute atomic E-state index is 7.62. The average Bonchev–Trinajstić information content (AvgIpc) is 2.61. The van der Waals surface area contributed by atoms with Crippen LogP contribution in [-0.2, 0) is 0 Å². The number of rotatable bonds is 0. The summed E-state index contributed by atoms with van der Waals surface area (Å²) in [6, 6.07) is 0. The van der Waals surface area contributed by atoms with Gasteiger partial charge in [0.05, 0.1) is 0 Å². The van der Waals surface area contributed by atoms with Crippen molar-refractivity contribution in [1.82, 2.24) is 0 Å². The zero-order chi connectivity index (χ0) is 5.41. The first-order valence-corrected chi connectivity index (χ1v) is 3.24. The van der Waals surface area contributed by atoms with Gasteiger partial charge in [-0.05, 0) is 42.9 Å². The van der Waals surface area contributed by atoms with E-state index < -0.39 is 0 Å². The van der Waals surface area contributed by atoms with Crippen molar-refractivity contribution in [3.63, 3.8) is 0 Å². The van der Waals surface area contributed by atoms with Crippen molar-refractivity contribution in [2.45, 2.75) is 32.1 Å². The first kappa shape index (κ1) is 2.52. The van der Waals surface area contributed by atoms with Crippen molar-refractivity contribution < 1.29 is 1.37 Å². The van der Waals surface area contributed by atoms with Crippen LogP contribution in [0.5, 0.6) is 0 Å². The monoisotopic (exact) mass is 95.1 g/mol. The summed E-state index contributed by atoms with van der Waals surface area (Å²) in [5.41, 5.74) is 1.26. The average molecular weight is 95.2 g/mol. The molecule has 0 aromatic carbocycles. The predicted octanol–water partition coefficient (Wildman–Crippen LogP) is 1.95. The van der Waals surface area contributed by atoms with Crippen LogP contribution in [-0.4, -0.2) is 0 Å². The molecule has 0 heterocycles. The molecule has 0 aromatic rings. The zero-order valence-electron chi connectivity index (χ0n) is 5.41. The lowest BCUT2D eigenvalue weighted by Gasteiger charge is -1.76. The van der Waals surface area contributed by atoms with Crippen LogP contribution in [0, 0.1) is 10.8 Å². The van der Waals surface area contributed by atoms with Crippen molar-refractivity contribution in [2.24, 2.45) is 10.8 Å². The fraction of sp³-hybridized carbons (Fsp3) is 1.00. The van der Waals surface area contributed by atoms with Crippen molar-refractivity contribution in [3.05, 3.63) is 0 Å². The third-order valence-electron chi connectivity index (χ3n) is 3.04. The second kappa shape index (κ2) is 0.519. The van der Waals surface area contributed by atoms with Gasteiger partial charge in [0.2, 0.25) is 0 Å². The Balaban J connectivity index is 2.06. The second-order valence-corrected chi connectivity index (χ2v) is 3.46. The molecule has 0 N–H and O–H groups in total. The van der Waals surface area contributed by atoms with Crippen molar-refractivity contribution in [1.29, 1.82) is 0 Å². The lowest BCUT2D eigenvalue weighted by Crippen LogP contribution is -1.70. The van der Waals surface area contributed by atoms with E-state index >= 15 is 0 Å². The Morgan fingerprint density at radius 1 is 1.00 bits per heavy atom. The molecule has 0 aromatic heterocycles. The van der Waals surface area contributed by atoms with Gasteiger partial charge in [-0.15, -0.1) is 0 Å². The molecule has 0 unspecified atom stereocenters. The molecule has 0 saturated heterocycles. The Morgan fingerprint density at radius 2 is 1.43 bits per heavy atom. The van der Waals surface area contributed by atoms with Crippen LogP contribution in [0.3, 0.4) is 0 Å². The van der Waals surface area contributed by atoms with Gasteiger partial charge < -0.3 is 0 Å². The van der Waals surface area contributed by atoms with Crippen LogP contribution in [0.4, 0.5) is 0 Å². The third kappa shape index (κ3) is 0.181. The summed E-state index contributed by atoms with van der Waals surface area (Å²) in [6.45, 7) is 0. The summed E-state index contributed by atoms with van der Waals surface area (Å²) in [5, 5.41) is 0. The normalized spacial score (nSPS) is 57.1. The van der Waals surface area contributed by atoms with Gasteiger partial charge in [0.15, 0.2) is 0 Å². The van der Waals surface area contributed by atoms with E-state index in [-0.39, 0.29) is 0 Å². The fourth-order valence-electron chi connectivity index (χ4n) is 2.05. The summed E-state index contributed by atoms with van der Waals surface area (Å²) in [5.74, 6) is 0. The van der Waals surface area contributed by atoms with Gasteiger partial charge in [-0.1, -0.05) is 0 Å². The third-order valence-corrected chi connectivity index (χ3v) is 3.04. The highest BCUT2D eigenvalue weighted by Gasteiger charge is 2.78. The minimum absolute atomic E-state index is 0.384. The van der Waals surface area contributed by atoms with Crippen LogP contribution >= 0.6 is 0 Å². The Kier molecular flexibility index (Phi) is 0.187. The van der Waals surface area contributed by atoms with Gasteiger partial charge in [0.25, 0.3) is 0 Å². The smallest absolute Gasteiger partial charge is 0.0278 e. The van der Waals surface area contributed by atoms with E-state index in [2.05, 4.69) is 0 Å². The van der Waals surface area contributed by atoms with E-state index in [0.717, 1.165) is 0 Å². The van der Waals surface area contributed by atoms with Crippen LogP contribution in [0.25, 0.3) is 0 Å². The van der Waals surface area contributed by atoms with Crippen molar-refractivity contribution in [3.8, 4) is 0 Å². The molecule has 3 aliphatic carbocycles. The predicted molar refractivity (Wildman–Crippen MR) is 28.0 cm³/mol. The molecular weight excluding hydrogens is 84.1 g/mol. The fourth-order valence-corrected chi connectivity index (χ4v) is 2.05. The maximum Gasteiger partial charge on any atom is 0.0278 e. The van der Waals surface area contributed by atoms with Crippen LogP contribution in [0.15, 0.2) is 0 Å². The minimum Gasteiger partial charge on any atom is -0.0465 e. The first-order valence-electron chi connectivity index (χ1n) is 3.82. The molecule has 3 saturated carbocycles. The van der Waals surface area contributed by atoms with Gasteiger partial charge in [-0.3, -0.25) is 0 Å². The molecule has 0 radical (unpaired) electrons. The van der Waals surface area contributed by atoms with Crippen LogP contribution < -0.4 is 0 Å². The zero-order valence-corrected chi connectivity index (χ0v) is 4.41. The van der Waals surface area contributed by atoms with E-state index in [4.69, 9.17) is 1.37 Å². The van der Waals surface area contributed by atoms with Gasteiger partial charge in [-0.25, -0.2) is 0 Å². The molecule has 0 atom stereocenters. The lowest BCUT2D eigenvalue weighted by atomic mass is 10.3. The maximum atomic E-state index is 7.62. The first-order chi connectivity index (χ1) is 3.82. The highest BCUT2D eigenvalue weighted by atomic mass is 14.8. The molecule has 3 aliphatic rings. The lowest BCUT2D eigenvalue weighted by molar-refractivity contribution is 0.716. The standard InChI is InChI=1S/C7H10/c1-2-6(1)5-7(6)3-4-7/h1-5H2/i5D. The topological polar surface area (TPSA) is 0 Å². The molecule has 2 spiro atoms. The van der Waals surface area contributed by atoms with E-state index in [1.807, 2.05) is 0 Å². The quantitative estimate of drug-likeness (QED) is 0.431. The molecule has 0 nitrogen and oxygen atoms in total. The summed E-state index contributed by atoms with van der Waals surface area (Å²) < 4.78 is 7.62. The molecule has 3 fully saturated rings. The number of hydrogen-bond donors (Lipinski definition) is 0. The minimum atomic E-state index is 0.384. The van der Waals surface area contributed by atoms with E-state index in [1.54, 1.807) is 0 Å². The number of hydrogen-bond acceptors (Lipinski definition) is 0. The Labute approximate surface area is 45.3 Å². The molecule has 0 aliphatic heterocycles. The van der Waals surface area contributed by atoms with Gasteiger partial charge in [-0.2, -0.15) is 0 Å². The molecule has 0 heteroatoms. The Hall–Kier alpha value is 0. The van der Waals surface area contributed by atoms with Crippen LogP contribution in [0.1, 0.15) is 33.5 Å². The Bertz CT molecular complexity index is 136. The van der Waals surface area contributed by atoms with Crippen molar-refractivity contribution >= 4 is 0 Å². The van der Waals surface area contributed by atoms with E-state index in [1.165, 1.54) is 25.7 Å². The Morgan fingerprint density at radius 3 is 1.57 bits per heavy atom. The summed E-state index contributed by atoms with van der Waals surface area (Å²) in [7, 11) is 0. The molecule has 0 bridgehead atoms. The summed E-state index contributed by atoms with van der Waals surface area (Å²) >= 11 is 0. The van der Waals surface area contributed by atoms with Gasteiger partial charge in [0.1, 0.15) is 0 Å². The van der Waals surface area contributed by atoms with Gasteiger partial charge in [0, 0.05) is 1.37 Å². The summed E-state index contributed by atoms with van der Waals surface area (Å²) in [4.78, 5) is 0. The molecule has 3 rings (SSSR count). The van der Waals surface area contributed by atoms with E-state index in [9.17, 15) is 0 Å². The largest absolute Gasteiger partial charge is 0.0465 e. The highest BCUT2D eigenvalue weighted by molar-refractivity contribution is 5.28. The molecule has 38 valence electrons. The molecule has 0 amide bonds. The second-order valence-electron chi connectivity index (χ2n) is 3.46. The molecular formula is C7H10. The molecule has 7 heavy (non-hydrogen) atoms.